The lowest BCUT2D eigenvalue weighted by atomic mass is 9.86. The van der Waals surface area contributed by atoms with Gasteiger partial charge < -0.3 is 10.4 Å². The average Bonchev–Trinajstić information content (AvgIpc) is 3.00. The van der Waals surface area contributed by atoms with Crippen molar-refractivity contribution in [3.05, 3.63) is 46.7 Å². The van der Waals surface area contributed by atoms with Gasteiger partial charge >= 0.3 is 5.97 Å². The van der Waals surface area contributed by atoms with E-state index in [4.69, 9.17) is 5.11 Å². The lowest BCUT2D eigenvalue weighted by Gasteiger charge is -2.27. The lowest BCUT2D eigenvalue weighted by molar-refractivity contribution is -0.142. The predicted molar refractivity (Wildman–Crippen MR) is 97.1 cm³/mol. The number of benzene rings is 1. The van der Waals surface area contributed by atoms with Crippen LogP contribution in [0.15, 0.2) is 41.1 Å². The molecule has 0 atom stereocenters. The van der Waals surface area contributed by atoms with Gasteiger partial charge in [0, 0.05) is 24.5 Å². The Morgan fingerprint density at radius 1 is 1.25 bits per heavy atom. The first kappa shape index (κ1) is 17.0. The largest absolute Gasteiger partial charge is 0.481 e. The van der Waals surface area contributed by atoms with Crippen LogP contribution in [0.2, 0.25) is 0 Å². The molecule has 24 heavy (non-hydrogen) atoms. The molecule has 3 rings (SSSR count). The zero-order chi connectivity index (χ0) is 16.9. The molecule has 0 amide bonds. The molecular weight excluding hydrogens is 370 g/mol. The molecule has 128 valence electrons. The molecular formula is C18H22BrN3O2. The van der Waals surface area contributed by atoms with Gasteiger partial charge in [-0.2, -0.15) is 5.10 Å². The maximum Gasteiger partial charge on any atom is 0.306 e. The van der Waals surface area contributed by atoms with Crippen molar-refractivity contribution >= 4 is 27.6 Å². The molecule has 0 unspecified atom stereocenters. The minimum atomic E-state index is -0.651. The standard InChI is InChI=1S/C18H22BrN3O2/c19-15-11-20-22(12-15)10-9-13-1-5-16(6-2-13)21-17-7-3-14(4-8-17)18(23)24/h1-2,5-6,11-12,14,17,21H,3-4,7-10H2,(H,23,24). The average molecular weight is 392 g/mol. The van der Waals surface area contributed by atoms with Crippen molar-refractivity contribution in [2.75, 3.05) is 5.32 Å². The Morgan fingerprint density at radius 2 is 1.96 bits per heavy atom. The van der Waals surface area contributed by atoms with Crippen LogP contribution >= 0.6 is 15.9 Å². The van der Waals surface area contributed by atoms with Crippen LogP contribution in [0.4, 0.5) is 5.69 Å². The summed E-state index contributed by atoms with van der Waals surface area (Å²) in [6, 6.07) is 8.89. The van der Waals surface area contributed by atoms with Crippen LogP contribution in [-0.4, -0.2) is 26.9 Å². The molecule has 2 aromatic rings. The van der Waals surface area contributed by atoms with Crippen LogP contribution in [-0.2, 0) is 17.8 Å². The van der Waals surface area contributed by atoms with Crippen LogP contribution in [0.25, 0.3) is 0 Å². The topological polar surface area (TPSA) is 67.2 Å². The third kappa shape index (κ3) is 4.60. The predicted octanol–water partition coefficient (Wildman–Crippen LogP) is 3.94. The summed E-state index contributed by atoms with van der Waals surface area (Å²) in [4.78, 5) is 11.0. The van der Waals surface area contributed by atoms with Crippen LogP contribution in [0, 0.1) is 5.92 Å². The normalized spacial score (nSPS) is 20.7. The van der Waals surface area contributed by atoms with E-state index in [0.29, 0.717) is 6.04 Å². The molecule has 1 fully saturated rings. The number of rotatable bonds is 6. The first-order valence-electron chi connectivity index (χ1n) is 8.36. The second-order valence-electron chi connectivity index (χ2n) is 6.40. The molecule has 2 N–H and O–H groups in total. The highest BCUT2D eigenvalue weighted by molar-refractivity contribution is 9.10. The molecule has 0 spiro atoms. The number of carbonyl (C=O) groups is 1. The van der Waals surface area contributed by atoms with Gasteiger partial charge in [-0.15, -0.1) is 0 Å². The maximum absolute atomic E-state index is 11.0. The molecule has 1 aliphatic rings. The van der Waals surface area contributed by atoms with Crippen molar-refractivity contribution in [1.29, 1.82) is 0 Å². The van der Waals surface area contributed by atoms with Gasteiger partial charge in [0.25, 0.3) is 0 Å². The molecule has 0 aliphatic heterocycles. The van der Waals surface area contributed by atoms with Crippen molar-refractivity contribution in [2.45, 2.75) is 44.7 Å². The third-order valence-electron chi connectivity index (χ3n) is 4.63. The van der Waals surface area contributed by atoms with Crippen molar-refractivity contribution in [3.8, 4) is 0 Å². The van der Waals surface area contributed by atoms with Crippen molar-refractivity contribution in [2.24, 2.45) is 5.92 Å². The van der Waals surface area contributed by atoms with Crippen LogP contribution < -0.4 is 5.32 Å². The number of hydrogen-bond donors (Lipinski definition) is 2. The Labute approximate surface area is 150 Å². The summed E-state index contributed by atoms with van der Waals surface area (Å²) in [5, 5.41) is 16.8. The van der Waals surface area contributed by atoms with Gasteiger partial charge in [0.2, 0.25) is 0 Å². The number of carboxylic acid groups (broad SMARTS) is 1. The van der Waals surface area contributed by atoms with Gasteiger partial charge in [-0.1, -0.05) is 12.1 Å². The highest BCUT2D eigenvalue weighted by Crippen LogP contribution is 2.27. The molecule has 6 heteroatoms. The number of nitrogens with zero attached hydrogens (tertiary/aromatic N) is 2. The van der Waals surface area contributed by atoms with Crippen LogP contribution in [0.3, 0.4) is 0 Å². The second-order valence-corrected chi connectivity index (χ2v) is 7.32. The molecule has 0 saturated heterocycles. The smallest absolute Gasteiger partial charge is 0.306 e. The van der Waals surface area contributed by atoms with E-state index >= 15 is 0 Å². The fourth-order valence-corrected chi connectivity index (χ4v) is 3.52. The fourth-order valence-electron chi connectivity index (χ4n) is 3.19. The van der Waals surface area contributed by atoms with Gasteiger partial charge in [-0.25, -0.2) is 0 Å². The molecule has 1 aliphatic carbocycles. The lowest BCUT2D eigenvalue weighted by Crippen LogP contribution is -2.29. The Kier molecular flexibility index (Phi) is 5.56. The zero-order valence-electron chi connectivity index (χ0n) is 13.5. The van der Waals surface area contributed by atoms with Gasteiger partial charge in [0.15, 0.2) is 0 Å². The van der Waals surface area contributed by atoms with Crippen molar-refractivity contribution in [1.82, 2.24) is 9.78 Å². The number of carboxylic acids is 1. The minimum absolute atomic E-state index is 0.159. The van der Waals surface area contributed by atoms with E-state index < -0.39 is 5.97 Å². The van der Waals surface area contributed by atoms with E-state index in [1.165, 1.54) is 5.56 Å². The molecule has 1 heterocycles. The Bertz CT molecular complexity index is 676. The van der Waals surface area contributed by atoms with Crippen LogP contribution in [0.5, 0.6) is 0 Å². The summed E-state index contributed by atoms with van der Waals surface area (Å²) in [6.07, 6.45) is 8.10. The van der Waals surface area contributed by atoms with Crippen LogP contribution in [0.1, 0.15) is 31.2 Å². The van der Waals surface area contributed by atoms with E-state index in [2.05, 4.69) is 50.6 Å². The monoisotopic (exact) mass is 391 g/mol. The number of nitrogens with one attached hydrogen (secondary N) is 1. The summed E-state index contributed by atoms with van der Waals surface area (Å²) >= 11 is 3.40. The fraction of sp³-hybridized carbons (Fsp3) is 0.444. The Balaban J connectivity index is 1.47. The number of aryl methyl sites for hydroxylation is 2. The summed E-state index contributed by atoms with van der Waals surface area (Å²) in [6.45, 7) is 0.859. The minimum Gasteiger partial charge on any atom is -0.481 e. The summed E-state index contributed by atoms with van der Waals surface area (Å²) in [5.41, 5.74) is 2.39. The summed E-state index contributed by atoms with van der Waals surface area (Å²) in [7, 11) is 0. The Hall–Kier alpha value is -1.82. The number of hydrogen-bond acceptors (Lipinski definition) is 3. The first-order valence-corrected chi connectivity index (χ1v) is 9.15. The summed E-state index contributed by atoms with van der Waals surface area (Å²) in [5.74, 6) is -0.810. The molecule has 1 aromatic carbocycles. The van der Waals surface area contributed by atoms with E-state index in [-0.39, 0.29) is 5.92 Å². The zero-order valence-corrected chi connectivity index (χ0v) is 15.1. The molecule has 1 saturated carbocycles. The van der Waals surface area contributed by atoms with Crippen molar-refractivity contribution < 1.29 is 9.90 Å². The highest BCUT2D eigenvalue weighted by Gasteiger charge is 2.25. The van der Waals surface area contributed by atoms with E-state index in [9.17, 15) is 4.79 Å². The number of aliphatic carboxylic acids is 1. The van der Waals surface area contributed by atoms with Crippen molar-refractivity contribution in [3.63, 3.8) is 0 Å². The first-order chi connectivity index (χ1) is 11.6. The number of anilines is 1. The number of aromatic nitrogens is 2. The third-order valence-corrected chi connectivity index (χ3v) is 5.04. The Morgan fingerprint density at radius 3 is 2.54 bits per heavy atom. The molecule has 0 bridgehead atoms. The quantitative estimate of drug-likeness (QED) is 0.782. The molecule has 0 radical (unpaired) electrons. The van der Waals surface area contributed by atoms with Gasteiger partial charge in [-0.05, 0) is 65.7 Å². The second kappa shape index (κ2) is 7.83. The number of halogens is 1. The molecule has 5 nitrogen and oxygen atoms in total. The van der Waals surface area contributed by atoms with Gasteiger partial charge in [0.05, 0.1) is 16.6 Å². The van der Waals surface area contributed by atoms with E-state index in [0.717, 1.165) is 48.8 Å². The highest BCUT2D eigenvalue weighted by atomic mass is 79.9. The maximum atomic E-state index is 11.0. The van der Waals surface area contributed by atoms with E-state index in [1.807, 2.05) is 10.9 Å². The van der Waals surface area contributed by atoms with Gasteiger partial charge in [-0.3, -0.25) is 9.48 Å². The summed E-state index contributed by atoms with van der Waals surface area (Å²) < 4.78 is 2.93. The molecule has 1 aromatic heterocycles. The SMILES string of the molecule is O=C(O)C1CCC(Nc2ccc(CCn3cc(Br)cn3)cc2)CC1. The van der Waals surface area contributed by atoms with E-state index in [1.54, 1.807) is 6.20 Å². The van der Waals surface area contributed by atoms with Gasteiger partial charge in [0.1, 0.15) is 0 Å².